The molecule has 0 aliphatic carbocycles. The molecule has 1 heterocycles. The average Bonchev–Trinajstić information content (AvgIpc) is 2.19. The third kappa shape index (κ3) is 1.65. The molecule has 74 valence electrons. The molecule has 14 heavy (non-hydrogen) atoms. The number of para-hydroxylation sites is 1. The van der Waals surface area contributed by atoms with Crippen molar-refractivity contribution in [2.75, 3.05) is 5.32 Å². The van der Waals surface area contributed by atoms with E-state index >= 15 is 0 Å². The first-order chi connectivity index (χ1) is 6.81. The van der Waals surface area contributed by atoms with E-state index in [9.17, 15) is 4.79 Å². The van der Waals surface area contributed by atoms with Crippen molar-refractivity contribution >= 4 is 11.6 Å². The van der Waals surface area contributed by atoms with Crippen LogP contribution >= 0.6 is 0 Å². The number of hydrogen-bond acceptors (Lipinski definition) is 1. The molecule has 0 fully saturated rings. The van der Waals surface area contributed by atoms with Crippen molar-refractivity contribution in [3.63, 3.8) is 0 Å². The molecule has 0 saturated carbocycles. The summed E-state index contributed by atoms with van der Waals surface area (Å²) in [5.41, 5.74) is 2.26. The zero-order valence-corrected chi connectivity index (χ0v) is 8.42. The lowest BCUT2D eigenvalue weighted by Gasteiger charge is -2.24. The molecule has 0 bridgehead atoms. The summed E-state index contributed by atoms with van der Waals surface area (Å²) < 4.78 is 0. The van der Waals surface area contributed by atoms with Crippen molar-refractivity contribution in [1.82, 2.24) is 0 Å². The van der Waals surface area contributed by atoms with Gasteiger partial charge in [0.2, 0.25) is 5.91 Å². The summed E-state index contributed by atoms with van der Waals surface area (Å²) in [5, 5.41) is 2.96. The molecule has 1 atom stereocenters. The largest absolute Gasteiger partial charge is 0.326 e. The van der Waals surface area contributed by atoms with E-state index in [0.29, 0.717) is 0 Å². The fraction of sp³-hybridized carbons (Fsp3) is 0.417. The van der Waals surface area contributed by atoms with Gasteiger partial charge in [-0.1, -0.05) is 31.5 Å². The molecular formula is C12H15NO. The Morgan fingerprint density at radius 3 is 3.00 bits per heavy atom. The normalized spacial score (nSPS) is 20.1. The predicted molar refractivity (Wildman–Crippen MR) is 57.2 cm³/mol. The Balaban J connectivity index is 2.22. The Hall–Kier alpha value is -1.31. The first kappa shape index (κ1) is 9.25. The number of hydrogen-bond donors (Lipinski definition) is 1. The van der Waals surface area contributed by atoms with Crippen LogP contribution < -0.4 is 5.32 Å². The second kappa shape index (κ2) is 3.82. The SMILES string of the molecule is CCCC1Cc2ccccc2NC1=O. The minimum absolute atomic E-state index is 0.176. The average molecular weight is 189 g/mol. The maximum Gasteiger partial charge on any atom is 0.227 e. The summed E-state index contributed by atoms with van der Waals surface area (Å²) in [5.74, 6) is 0.362. The molecule has 2 rings (SSSR count). The Morgan fingerprint density at radius 2 is 2.21 bits per heavy atom. The molecule has 0 aromatic heterocycles. The zero-order chi connectivity index (χ0) is 9.97. The third-order valence-corrected chi connectivity index (χ3v) is 2.75. The Kier molecular flexibility index (Phi) is 2.53. The van der Waals surface area contributed by atoms with Gasteiger partial charge >= 0.3 is 0 Å². The lowest BCUT2D eigenvalue weighted by molar-refractivity contribution is -0.120. The smallest absolute Gasteiger partial charge is 0.227 e. The van der Waals surface area contributed by atoms with E-state index < -0.39 is 0 Å². The highest BCUT2D eigenvalue weighted by molar-refractivity contribution is 5.95. The first-order valence-electron chi connectivity index (χ1n) is 5.20. The number of anilines is 1. The van der Waals surface area contributed by atoms with Crippen LogP contribution in [0.15, 0.2) is 24.3 Å². The van der Waals surface area contributed by atoms with E-state index in [1.54, 1.807) is 0 Å². The number of carbonyl (C=O) groups excluding carboxylic acids is 1. The van der Waals surface area contributed by atoms with Gasteiger partial charge in [0.05, 0.1) is 0 Å². The van der Waals surface area contributed by atoms with Crippen LogP contribution in [0.25, 0.3) is 0 Å². The molecule has 2 heteroatoms. The summed E-state index contributed by atoms with van der Waals surface area (Å²) in [6.45, 7) is 2.12. The monoisotopic (exact) mass is 189 g/mol. The summed E-state index contributed by atoms with van der Waals surface area (Å²) in [7, 11) is 0. The lowest BCUT2D eigenvalue weighted by Crippen LogP contribution is -2.29. The molecule has 0 spiro atoms. The van der Waals surface area contributed by atoms with Crippen LogP contribution in [0, 0.1) is 5.92 Å². The summed E-state index contributed by atoms with van der Waals surface area (Å²) in [6.07, 6.45) is 2.95. The van der Waals surface area contributed by atoms with Crippen LogP contribution in [0.2, 0.25) is 0 Å². The molecule has 1 unspecified atom stereocenters. The van der Waals surface area contributed by atoms with Crippen LogP contribution in [0.1, 0.15) is 25.3 Å². The molecule has 1 amide bonds. The molecule has 1 aromatic carbocycles. The van der Waals surface area contributed by atoms with Gasteiger partial charge in [-0.2, -0.15) is 0 Å². The third-order valence-electron chi connectivity index (χ3n) is 2.75. The zero-order valence-electron chi connectivity index (χ0n) is 8.42. The number of amides is 1. The van der Waals surface area contributed by atoms with Crippen LogP contribution in [-0.2, 0) is 11.2 Å². The molecule has 1 aromatic rings. The summed E-state index contributed by atoms with van der Waals surface area (Å²) in [6, 6.07) is 8.05. The van der Waals surface area contributed by atoms with E-state index in [1.807, 2.05) is 18.2 Å². The van der Waals surface area contributed by atoms with Gasteiger partial charge in [0.1, 0.15) is 0 Å². The van der Waals surface area contributed by atoms with Gasteiger partial charge in [-0.3, -0.25) is 4.79 Å². The molecule has 2 nitrogen and oxygen atoms in total. The highest BCUT2D eigenvalue weighted by Gasteiger charge is 2.24. The molecule has 1 N–H and O–H groups in total. The Bertz CT molecular complexity index is 346. The van der Waals surface area contributed by atoms with Gasteiger partial charge in [-0.05, 0) is 24.5 Å². The number of nitrogens with one attached hydrogen (secondary N) is 1. The topological polar surface area (TPSA) is 29.1 Å². The van der Waals surface area contributed by atoms with E-state index in [1.165, 1.54) is 5.56 Å². The second-order valence-corrected chi connectivity index (χ2v) is 3.84. The van der Waals surface area contributed by atoms with Crippen LogP contribution in [0.3, 0.4) is 0 Å². The maximum absolute atomic E-state index is 11.6. The summed E-state index contributed by atoms with van der Waals surface area (Å²) in [4.78, 5) is 11.6. The number of carbonyl (C=O) groups is 1. The molecule has 0 radical (unpaired) electrons. The number of benzene rings is 1. The van der Waals surface area contributed by atoms with Gasteiger partial charge in [-0.15, -0.1) is 0 Å². The van der Waals surface area contributed by atoms with Crippen LogP contribution in [-0.4, -0.2) is 5.91 Å². The molecule has 1 aliphatic heterocycles. The van der Waals surface area contributed by atoms with Gasteiger partial charge < -0.3 is 5.32 Å². The fourth-order valence-electron chi connectivity index (χ4n) is 1.99. The quantitative estimate of drug-likeness (QED) is 0.761. The van der Waals surface area contributed by atoms with Crippen LogP contribution in [0.4, 0.5) is 5.69 Å². The fourth-order valence-corrected chi connectivity index (χ4v) is 1.99. The maximum atomic E-state index is 11.6. The Labute approximate surface area is 84.3 Å². The van der Waals surface area contributed by atoms with E-state index in [0.717, 1.165) is 24.9 Å². The van der Waals surface area contributed by atoms with Gasteiger partial charge in [-0.25, -0.2) is 0 Å². The standard InChI is InChI=1S/C12H15NO/c1-2-5-10-8-9-6-3-4-7-11(9)13-12(10)14/h3-4,6-7,10H,2,5,8H2,1H3,(H,13,14). The van der Waals surface area contributed by atoms with Crippen molar-refractivity contribution in [3.8, 4) is 0 Å². The van der Waals surface area contributed by atoms with Crippen molar-refractivity contribution in [1.29, 1.82) is 0 Å². The van der Waals surface area contributed by atoms with E-state index in [-0.39, 0.29) is 11.8 Å². The van der Waals surface area contributed by atoms with Crippen LogP contribution in [0.5, 0.6) is 0 Å². The predicted octanol–water partition coefficient (Wildman–Crippen LogP) is 2.60. The van der Waals surface area contributed by atoms with Gasteiger partial charge in [0.15, 0.2) is 0 Å². The van der Waals surface area contributed by atoms with Gasteiger partial charge in [0.25, 0.3) is 0 Å². The first-order valence-corrected chi connectivity index (χ1v) is 5.20. The van der Waals surface area contributed by atoms with E-state index in [4.69, 9.17) is 0 Å². The molecule has 0 saturated heterocycles. The molecular weight excluding hydrogens is 174 g/mol. The minimum Gasteiger partial charge on any atom is -0.326 e. The molecule has 1 aliphatic rings. The van der Waals surface area contributed by atoms with Crippen molar-refractivity contribution in [3.05, 3.63) is 29.8 Å². The van der Waals surface area contributed by atoms with Gasteiger partial charge in [0, 0.05) is 11.6 Å². The van der Waals surface area contributed by atoms with Crippen molar-refractivity contribution < 1.29 is 4.79 Å². The minimum atomic E-state index is 0.176. The highest BCUT2D eigenvalue weighted by Crippen LogP contribution is 2.27. The van der Waals surface area contributed by atoms with E-state index in [2.05, 4.69) is 18.3 Å². The lowest BCUT2D eigenvalue weighted by atomic mass is 9.90. The highest BCUT2D eigenvalue weighted by atomic mass is 16.1. The van der Waals surface area contributed by atoms with Crippen molar-refractivity contribution in [2.24, 2.45) is 5.92 Å². The summed E-state index contributed by atoms with van der Waals surface area (Å²) >= 11 is 0. The second-order valence-electron chi connectivity index (χ2n) is 3.84. The number of rotatable bonds is 2. The Morgan fingerprint density at radius 1 is 1.43 bits per heavy atom. The van der Waals surface area contributed by atoms with Crippen molar-refractivity contribution in [2.45, 2.75) is 26.2 Å². The number of fused-ring (bicyclic) bond motifs is 1.